The Hall–Kier alpha value is -3.53. The number of amides is 1. The van der Waals surface area contributed by atoms with Gasteiger partial charge in [0, 0.05) is 13.1 Å². The lowest BCUT2D eigenvalue weighted by molar-refractivity contribution is 0.0228. The number of amidine groups is 1. The minimum absolute atomic E-state index is 0.0136. The molecule has 5 N–H and O–H groups in total. The van der Waals surface area contributed by atoms with Crippen LogP contribution in [0.4, 0.5) is 10.5 Å². The molecule has 1 aromatic carbocycles. The average Bonchev–Trinajstić information content (AvgIpc) is 3.31. The summed E-state index contributed by atoms with van der Waals surface area (Å²) < 4.78 is 5.63. The van der Waals surface area contributed by atoms with Crippen molar-refractivity contribution in [3.63, 3.8) is 0 Å². The molecular weight excluding hydrogens is 470 g/mol. The van der Waals surface area contributed by atoms with Crippen LogP contribution in [0.15, 0.2) is 51.3 Å². The summed E-state index contributed by atoms with van der Waals surface area (Å²) in [6, 6.07) is 5.05. The second kappa shape index (κ2) is 12.1. The number of nitrogens with zero attached hydrogens (tertiary/aromatic N) is 4. The van der Waals surface area contributed by atoms with Crippen molar-refractivity contribution >= 4 is 23.8 Å². The average molecular weight is 512 g/mol. The van der Waals surface area contributed by atoms with Crippen molar-refractivity contribution in [2.24, 2.45) is 15.8 Å². The van der Waals surface area contributed by atoms with E-state index in [2.05, 4.69) is 15.7 Å². The first-order chi connectivity index (χ1) is 17.6. The molecule has 0 aromatic heterocycles. The van der Waals surface area contributed by atoms with Gasteiger partial charge >= 0.3 is 6.09 Å². The van der Waals surface area contributed by atoms with Crippen LogP contribution >= 0.6 is 0 Å². The number of nitrogens with two attached hydrogens (primary N) is 1. The fourth-order valence-corrected chi connectivity index (χ4v) is 4.45. The molecule has 0 unspecified atom stereocenters. The Morgan fingerprint density at radius 3 is 2.78 bits per heavy atom. The van der Waals surface area contributed by atoms with Crippen molar-refractivity contribution in [3.8, 4) is 5.75 Å². The highest BCUT2D eigenvalue weighted by molar-refractivity contribution is 6.16. The van der Waals surface area contributed by atoms with Crippen LogP contribution in [0.1, 0.15) is 53.0 Å². The maximum atomic E-state index is 12.8. The molecule has 0 bridgehead atoms. The third-order valence-corrected chi connectivity index (χ3v) is 6.19. The number of aromatic hydroxyl groups is 1. The SMILES string of the molecule is C/C=C1C(NC[C@@H]2CCCN2C(=O)OC(C)(C)C)=C(/C(N)=N/c2ccc(O)cc2CC)C=NN/1CNC. The molecule has 0 radical (unpaired) electrons. The monoisotopic (exact) mass is 511 g/mol. The fourth-order valence-electron chi connectivity index (χ4n) is 4.45. The zero-order valence-electron chi connectivity index (χ0n) is 22.8. The summed E-state index contributed by atoms with van der Waals surface area (Å²) >= 11 is 0. The van der Waals surface area contributed by atoms with Crippen LogP contribution in [-0.2, 0) is 11.2 Å². The Morgan fingerprint density at radius 1 is 1.38 bits per heavy atom. The van der Waals surface area contributed by atoms with Gasteiger partial charge in [-0.25, -0.2) is 14.8 Å². The summed E-state index contributed by atoms with van der Waals surface area (Å²) in [4.78, 5) is 19.3. The van der Waals surface area contributed by atoms with Gasteiger partial charge in [0.1, 0.15) is 17.2 Å². The van der Waals surface area contributed by atoms with Gasteiger partial charge in [-0.15, -0.1) is 0 Å². The van der Waals surface area contributed by atoms with E-state index in [0.29, 0.717) is 43.3 Å². The molecule has 10 heteroatoms. The van der Waals surface area contributed by atoms with Crippen molar-refractivity contribution in [1.29, 1.82) is 0 Å². The number of benzene rings is 1. The van der Waals surface area contributed by atoms with Gasteiger partial charge in [-0.2, -0.15) is 5.10 Å². The minimum atomic E-state index is -0.546. The predicted molar refractivity (Wildman–Crippen MR) is 148 cm³/mol. The lowest BCUT2D eigenvalue weighted by Gasteiger charge is -2.32. The predicted octanol–water partition coefficient (Wildman–Crippen LogP) is 3.57. The molecule has 2 aliphatic heterocycles. The van der Waals surface area contributed by atoms with E-state index in [1.54, 1.807) is 29.3 Å². The molecule has 3 rings (SSSR count). The topological polar surface area (TPSA) is 128 Å². The van der Waals surface area contributed by atoms with Gasteiger partial charge in [-0.1, -0.05) is 13.0 Å². The highest BCUT2D eigenvalue weighted by Gasteiger charge is 2.33. The first-order valence-electron chi connectivity index (χ1n) is 12.8. The van der Waals surface area contributed by atoms with E-state index >= 15 is 0 Å². The smallest absolute Gasteiger partial charge is 0.410 e. The molecule has 1 aromatic rings. The van der Waals surface area contributed by atoms with Crippen LogP contribution in [0, 0.1) is 0 Å². The van der Waals surface area contributed by atoms with Gasteiger partial charge in [-0.05, 0) is 77.8 Å². The highest BCUT2D eigenvalue weighted by Crippen LogP contribution is 2.27. The van der Waals surface area contributed by atoms with E-state index in [0.717, 1.165) is 29.8 Å². The number of phenols is 1. The number of rotatable bonds is 8. The molecule has 2 heterocycles. The molecule has 1 atom stereocenters. The molecule has 2 aliphatic rings. The van der Waals surface area contributed by atoms with Gasteiger partial charge in [-0.3, -0.25) is 0 Å². The molecule has 202 valence electrons. The molecule has 1 amide bonds. The number of carbonyl (C=O) groups is 1. The molecule has 10 nitrogen and oxygen atoms in total. The van der Waals surface area contributed by atoms with Gasteiger partial charge in [0.2, 0.25) is 0 Å². The van der Waals surface area contributed by atoms with E-state index < -0.39 is 5.60 Å². The second-order valence-corrected chi connectivity index (χ2v) is 10.1. The molecule has 0 spiro atoms. The normalized spacial score (nSPS) is 19.7. The number of hydrogen-bond donors (Lipinski definition) is 4. The first kappa shape index (κ1) is 28.0. The number of nitrogens with one attached hydrogen (secondary N) is 2. The number of allylic oxidation sites excluding steroid dienone is 1. The van der Waals surface area contributed by atoms with Crippen molar-refractivity contribution in [3.05, 3.63) is 46.8 Å². The van der Waals surface area contributed by atoms with Crippen LogP contribution in [-0.4, -0.2) is 71.6 Å². The Labute approximate surface area is 219 Å². The number of hydrazone groups is 1. The molecule has 37 heavy (non-hydrogen) atoms. The van der Waals surface area contributed by atoms with E-state index in [1.165, 1.54) is 0 Å². The molecular formula is C27H41N7O3. The summed E-state index contributed by atoms with van der Waals surface area (Å²) in [6.07, 6.45) is 5.90. The summed E-state index contributed by atoms with van der Waals surface area (Å²) in [7, 11) is 1.86. The first-order valence-corrected chi connectivity index (χ1v) is 12.8. The van der Waals surface area contributed by atoms with Crippen LogP contribution in [0.3, 0.4) is 0 Å². The van der Waals surface area contributed by atoms with Crippen LogP contribution in [0.2, 0.25) is 0 Å². The lowest BCUT2D eigenvalue weighted by atomic mass is 10.1. The number of hydrogen-bond acceptors (Lipinski definition) is 8. The van der Waals surface area contributed by atoms with Gasteiger partial charge < -0.3 is 31.1 Å². The van der Waals surface area contributed by atoms with E-state index in [1.807, 2.05) is 52.8 Å². The van der Waals surface area contributed by atoms with Crippen LogP contribution in [0.5, 0.6) is 5.75 Å². The maximum absolute atomic E-state index is 12.8. The summed E-state index contributed by atoms with van der Waals surface area (Å²) in [5, 5.41) is 23.0. The molecule has 0 saturated carbocycles. The summed E-state index contributed by atoms with van der Waals surface area (Å²) in [5.74, 6) is 0.505. The summed E-state index contributed by atoms with van der Waals surface area (Å²) in [6.45, 7) is 11.3. The largest absolute Gasteiger partial charge is 0.508 e. The lowest BCUT2D eigenvalue weighted by Crippen LogP contribution is -2.45. The standard InChI is InChI=1S/C27H41N7O3/c1-7-18-14-20(35)11-12-22(18)32-25(28)21-16-31-34(17-29-6)23(8-2)24(21)30-15-19-10-9-13-33(19)26(36)37-27(3,4)5/h8,11-12,14,16,19,29-30,35H,7,9-10,13,15,17H2,1-6H3,(H2,28,32)/b23-8-/t19-/m0/s1. The van der Waals surface area contributed by atoms with Crippen molar-refractivity contribution in [2.45, 2.75) is 65.5 Å². The number of aliphatic imine (C=N–C) groups is 1. The van der Waals surface area contributed by atoms with Crippen molar-refractivity contribution in [2.75, 3.05) is 26.8 Å². The van der Waals surface area contributed by atoms with E-state index in [4.69, 9.17) is 15.5 Å². The maximum Gasteiger partial charge on any atom is 0.410 e. The molecule has 1 saturated heterocycles. The quantitative estimate of drug-likeness (QED) is 0.310. The summed E-state index contributed by atoms with van der Waals surface area (Å²) in [5.41, 5.74) is 9.91. The molecule has 1 fully saturated rings. The van der Waals surface area contributed by atoms with E-state index in [-0.39, 0.29) is 17.9 Å². The number of likely N-dealkylation sites (tertiary alicyclic amines) is 1. The second-order valence-electron chi connectivity index (χ2n) is 10.1. The number of carbonyl (C=O) groups excluding carboxylic acids is 1. The highest BCUT2D eigenvalue weighted by atomic mass is 16.6. The van der Waals surface area contributed by atoms with E-state index in [9.17, 15) is 9.90 Å². The number of aryl methyl sites for hydroxylation is 1. The van der Waals surface area contributed by atoms with Crippen molar-refractivity contribution in [1.82, 2.24) is 20.5 Å². The van der Waals surface area contributed by atoms with Gasteiger partial charge in [0.05, 0.1) is 41.6 Å². The van der Waals surface area contributed by atoms with Crippen LogP contribution < -0.4 is 16.4 Å². The fraction of sp³-hybridized carbons (Fsp3) is 0.519. The zero-order valence-corrected chi connectivity index (χ0v) is 22.8. The minimum Gasteiger partial charge on any atom is -0.508 e. The Kier molecular flexibility index (Phi) is 9.20. The Morgan fingerprint density at radius 2 is 2.14 bits per heavy atom. The Balaban J connectivity index is 1.93. The number of ether oxygens (including phenoxy) is 1. The van der Waals surface area contributed by atoms with Crippen LogP contribution in [0.25, 0.3) is 0 Å². The third kappa shape index (κ3) is 7.03. The zero-order chi connectivity index (χ0) is 27.2. The van der Waals surface area contributed by atoms with Crippen molar-refractivity contribution < 1.29 is 14.6 Å². The number of phenolic OH excluding ortho intramolecular Hbond substituents is 1. The Bertz CT molecular complexity index is 1100. The molecule has 0 aliphatic carbocycles. The van der Waals surface area contributed by atoms with Gasteiger partial charge in [0.15, 0.2) is 0 Å². The van der Waals surface area contributed by atoms with Gasteiger partial charge in [0.25, 0.3) is 0 Å². The third-order valence-electron chi connectivity index (χ3n) is 6.19.